The third-order valence-electron chi connectivity index (χ3n) is 4.06. The van der Waals surface area contributed by atoms with Crippen LogP contribution in [-0.4, -0.2) is 46.1 Å². The Hall–Kier alpha value is -1.85. The summed E-state index contributed by atoms with van der Waals surface area (Å²) in [4.78, 5) is 25.2. The molecule has 1 atom stereocenters. The van der Waals surface area contributed by atoms with E-state index < -0.39 is 0 Å². The van der Waals surface area contributed by atoms with Crippen LogP contribution in [0.5, 0.6) is 0 Å². The lowest BCUT2D eigenvalue weighted by atomic mass is 10.2. The smallest absolute Gasteiger partial charge is 0.222 e. The van der Waals surface area contributed by atoms with Crippen LogP contribution in [0, 0.1) is 13.8 Å². The number of hydrogen-bond donors (Lipinski definition) is 1. The first-order valence-corrected chi connectivity index (χ1v) is 8.04. The maximum atomic E-state index is 11.9. The van der Waals surface area contributed by atoms with Gasteiger partial charge in [-0.05, 0) is 39.7 Å². The van der Waals surface area contributed by atoms with E-state index in [1.165, 1.54) is 0 Å². The highest BCUT2D eigenvalue weighted by atomic mass is 16.2. The second-order valence-electron chi connectivity index (χ2n) is 6.11. The lowest BCUT2D eigenvalue weighted by Gasteiger charge is -2.16. The van der Waals surface area contributed by atoms with Crippen molar-refractivity contribution in [1.29, 1.82) is 0 Å². The summed E-state index contributed by atoms with van der Waals surface area (Å²) in [5, 5.41) is 7.38. The van der Waals surface area contributed by atoms with Gasteiger partial charge in [-0.2, -0.15) is 5.10 Å². The summed E-state index contributed by atoms with van der Waals surface area (Å²) in [6, 6.07) is 2.17. The molecule has 2 amide bonds. The predicted molar refractivity (Wildman–Crippen MR) is 84.5 cm³/mol. The van der Waals surface area contributed by atoms with Gasteiger partial charge in [-0.15, -0.1) is 0 Å². The molecule has 1 aliphatic heterocycles. The molecule has 0 unspecified atom stereocenters. The van der Waals surface area contributed by atoms with Crippen molar-refractivity contribution in [2.75, 3.05) is 19.6 Å². The standard InChI is InChI=1S/C16H26N4O2/c1-12-10-13(2)20(18-12)14(3)11-17-15(21)6-4-8-19-9-5-7-16(19)22/h10,14H,4-9,11H2,1-3H3,(H,17,21)/t14-/m1/s1. The van der Waals surface area contributed by atoms with Crippen molar-refractivity contribution < 1.29 is 9.59 Å². The first-order chi connectivity index (χ1) is 10.5. The van der Waals surface area contributed by atoms with Gasteiger partial charge in [0.15, 0.2) is 0 Å². The Labute approximate surface area is 131 Å². The average molecular weight is 306 g/mol. The van der Waals surface area contributed by atoms with Crippen LogP contribution in [0.15, 0.2) is 6.07 Å². The maximum Gasteiger partial charge on any atom is 0.222 e. The number of hydrogen-bond acceptors (Lipinski definition) is 3. The van der Waals surface area contributed by atoms with Crippen LogP contribution < -0.4 is 5.32 Å². The van der Waals surface area contributed by atoms with E-state index in [1.807, 2.05) is 36.4 Å². The van der Waals surface area contributed by atoms with Crippen LogP contribution in [0.1, 0.15) is 50.0 Å². The number of carbonyl (C=O) groups excluding carboxylic acids is 2. The zero-order valence-corrected chi connectivity index (χ0v) is 13.8. The third kappa shape index (κ3) is 4.32. The molecule has 22 heavy (non-hydrogen) atoms. The van der Waals surface area contributed by atoms with E-state index in [2.05, 4.69) is 10.4 Å². The van der Waals surface area contributed by atoms with Crippen molar-refractivity contribution in [2.24, 2.45) is 0 Å². The normalized spacial score (nSPS) is 16.1. The molecule has 2 heterocycles. The summed E-state index contributed by atoms with van der Waals surface area (Å²) in [6.07, 6.45) is 2.80. The van der Waals surface area contributed by atoms with E-state index in [-0.39, 0.29) is 17.9 Å². The van der Waals surface area contributed by atoms with Crippen molar-refractivity contribution in [1.82, 2.24) is 20.0 Å². The van der Waals surface area contributed by atoms with Crippen LogP contribution >= 0.6 is 0 Å². The summed E-state index contributed by atoms with van der Waals surface area (Å²) in [6.45, 7) is 8.14. The van der Waals surface area contributed by atoms with Crippen LogP contribution in [0.3, 0.4) is 0 Å². The van der Waals surface area contributed by atoms with Gasteiger partial charge in [0, 0.05) is 38.2 Å². The van der Waals surface area contributed by atoms with Crippen LogP contribution in [0.25, 0.3) is 0 Å². The Morgan fingerprint density at radius 1 is 1.45 bits per heavy atom. The number of nitrogens with zero attached hydrogens (tertiary/aromatic N) is 3. The fourth-order valence-electron chi connectivity index (χ4n) is 2.90. The first-order valence-electron chi connectivity index (χ1n) is 8.04. The van der Waals surface area contributed by atoms with Gasteiger partial charge in [-0.1, -0.05) is 0 Å². The number of aromatic nitrogens is 2. The van der Waals surface area contributed by atoms with E-state index >= 15 is 0 Å². The highest BCUT2D eigenvalue weighted by Crippen LogP contribution is 2.11. The molecule has 6 nitrogen and oxygen atoms in total. The topological polar surface area (TPSA) is 67.2 Å². The average Bonchev–Trinajstić information content (AvgIpc) is 3.02. The lowest BCUT2D eigenvalue weighted by Crippen LogP contribution is -2.31. The largest absolute Gasteiger partial charge is 0.354 e. The first kappa shape index (κ1) is 16.5. The second-order valence-corrected chi connectivity index (χ2v) is 6.11. The molecule has 1 fully saturated rings. The molecule has 0 aliphatic carbocycles. The van der Waals surface area contributed by atoms with Gasteiger partial charge >= 0.3 is 0 Å². The zero-order chi connectivity index (χ0) is 16.1. The number of aryl methyl sites for hydroxylation is 2. The fraction of sp³-hybridized carbons (Fsp3) is 0.688. The molecule has 0 aromatic carbocycles. The summed E-state index contributed by atoms with van der Waals surface area (Å²) in [5.74, 6) is 0.263. The molecule has 0 spiro atoms. The van der Waals surface area contributed by atoms with Gasteiger partial charge in [0.2, 0.25) is 11.8 Å². The summed E-state index contributed by atoms with van der Waals surface area (Å²) in [5.41, 5.74) is 2.10. The van der Waals surface area contributed by atoms with Gasteiger partial charge in [0.1, 0.15) is 0 Å². The van der Waals surface area contributed by atoms with Crippen molar-refractivity contribution in [2.45, 2.75) is 52.5 Å². The molecule has 6 heteroatoms. The van der Waals surface area contributed by atoms with Crippen LogP contribution in [0.2, 0.25) is 0 Å². The Kier molecular flexibility index (Phi) is 5.57. The maximum absolute atomic E-state index is 11.9. The van der Waals surface area contributed by atoms with E-state index in [4.69, 9.17) is 0 Å². The molecule has 1 aromatic rings. The van der Waals surface area contributed by atoms with Gasteiger partial charge < -0.3 is 10.2 Å². The molecule has 0 radical (unpaired) electrons. The molecule has 0 bridgehead atoms. The molecule has 0 saturated carbocycles. The Morgan fingerprint density at radius 2 is 2.23 bits per heavy atom. The highest BCUT2D eigenvalue weighted by Gasteiger charge is 2.19. The van der Waals surface area contributed by atoms with Gasteiger partial charge in [-0.25, -0.2) is 0 Å². The fourth-order valence-corrected chi connectivity index (χ4v) is 2.90. The molecule has 1 aromatic heterocycles. The highest BCUT2D eigenvalue weighted by molar-refractivity contribution is 5.78. The molecule has 2 rings (SSSR count). The van der Waals surface area contributed by atoms with E-state index in [1.54, 1.807) is 0 Å². The van der Waals surface area contributed by atoms with Crippen molar-refractivity contribution >= 4 is 11.8 Å². The molecular weight excluding hydrogens is 280 g/mol. The van der Waals surface area contributed by atoms with Crippen LogP contribution in [0.4, 0.5) is 0 Å². The molecule has 1 aliphatic rings. The van der Waals surface area contributed by atoms with E-state index in [0.717, 1.165) is 30.8 Å². The Balaban J connectivity index is 1.67. The van der Waals surface area contributed by atoms with Gasteiger partial charge in [-0.3, -0.25) is 14.3 Å². The van der Waals surface area contributed by atoms with Crippen molar-refractivity contribution in [3.8, 4) is 0 Å². The van der Waals surface area contributed by atoms with Crippen molar-refractivity contribution in [3.05, 3.63) is 17.5 Å². The monoisotopic (exact) mass is 306 g/mol. The predicted octanol–water partition coefficient (Wildman–Crippen LogP) is 1.58. The van der Waals surface area contributed by atoms with Gasteiger partial charge in [0.25, 0.3) is 0 Å². The summed E-state index contributed by atoms with van der Waals surface area (Å²) >= 11 is 0. The van der Waals surface area contributed by atoms with Crippen molar-refractivity contribution in [3.63, 3.8) is 0 Å². The summed E-state index contributed by atoms with van der Waals surface area (Å²) in [7, 11) is 0. The van der Waals surface area contributed by atoms with E-state index in [9.17, 15) is 9.59 Å². The Bertz CT molecular complexity index is 538. The number of nitrogens with one attached hydrogen (secondary N) is 1. The number of amides is 2. The number of rotatable bonds is 7. The third-order valence-corrected chi connectivity index (χ3v) is 4.06. The SMILES string of the molecule is Cc1cc(C)n([C@H](C)CNC(=O)CCCN2CCCC2=O)n1. The quantitative estimate of drug-likeness (QED) is 0.831. The summed E-state index contributed by atoms with van der Waals surface area (Å²) < 4.78 is 1.94. The molecule has 122 valence electrons. The minimum absolute atomic E-state index is 0.0417. The van der Waals surface area contributed by atoms with E-state index in [0.29, 0.717) is 25.9 Å². The number of carbonyl (C=O) groups is 2. The minimum Gasteiger partial charge on any atom is -0.354 e. The second kappa shape index (κ2) is 7.42. The Morgan fingerprint density at radius 3 is 2.82 bits per heavy atom. The molecule has 1 N–H and O–H groups in total. The number of likely N-dealkylation sites (tertiary alicyclic amines) is 1. The molecular formula is C16H26N4O2. The minimum atomic E-state index is 0.0417. The van der Waals surface area contributed by atoms with Gasteiger partial charge in [0.05, 0.1) is 11.7 Å². The lowest BCUT2D eigenvalue weighted by molar-refractivity contribution is -0.128. The zero-order valence-electron chi connectivity index (χ0n) is 13.8. The van der Waals surface area contributed by atoms with Crippen LogP contribution in [-0.2, 0) is 9.59 Å². The molecule has 1 saturated heterocycles.